The van der Waals surface area contributed by atoms with E-state index in [1.54, 1.807) is 13.0 Å². The minimum absolute atomic E-state index is 0.388. The maximum absolute atomic E-state index is 9.96. The van der Waals surface area contributed by atoms with Crippen molar-refractivity contribution in [3.05, 3.63) is 29.3 Å². The molecule has 1 atom stereocenters. The topological polar surface area (TPSA) is 47.3 Å². The highest BCUT2D eigenvalue weighted by molar-refractivity contribution is 5.59. The molecule has 1 fully saturated rings. The number of aliphatic hydroxyl groups excluding tert-OH is 1. The first-order valence-electron chi connectivity index (χ1n) is 7.52. The Bertz CT molecular complexity index is 512. The maximum Gasteiger partial charge on any atom is 0.0992 e. The molecule has 0 bridgehead atoms. The van der Waals surface area contributed by atoms with Crippen LogP contribution in [0.3, 0.4) is 0 Å². The molecule has 1 aromatic carbocycles. The molecule has 0 spiro atoms. The summed E-state index contributed by atoms with van der Waals surface area (Å²) in [6.07, 6.45) is 3.05. The summed E-state index contributed by atoms with van der Waals surface area (Å²) >= 11 is 0. The number of hydrogen-bond donors (Lipinski definition) is 1. The molecule has 2 rings (SSSR count). The lowest BCUT2D eigenvalue weighted by Crippen LogP contribution is -2.27. The van der Waals surface area contributed by atoms with Crippen molar-refractivity contribution >= 4 is 5.69 Å². The minimum Gasteiger partial charge on any atom is -0.389 e. The van der Waals surface area contributed by atoms with Gasteiger partial charge < -0.3 is 10.0 Å². The summed E-state index contributed by atoms with van der Waals surface area (Å²) in [5.41, 5.74) is 3.00. The lowest BCUT2D eigenvalue weighted by molar-refractivity contribution is 0.199. The molecule has 0 radical (unpaired) electrons. The molecule has 20 heavy (non-hydrogen) atoms. The standard InChI is InChI=1S/C17H24N2O/c1-4-17(5-2)8-9-19(12-17)16-10-14(11-18)6-7-15(16)13(3)20/h6-7,10,13,20H,4-5,8-9,12H2,1-3H3/t13-/m1/s1. The van der Waals surface area contributed by atoms with E-state index in [0.29, 0.717) is 11.0 Å². The van der Waals surface area contributed by atoms with Crippen LogP contribution in [0.2, 0.25) is 0 Å². The van der Waals surface area contributed by atoms with Crippen LogP contribution in [0.5, 0.6) is 0 Å². The molecule has 0 unspecified atom stereocenters. The van der Waals surface area contributed by atoms with Crippen LogP contribution < -0.4 is 4.90 Å². The van der Waals surface area contributed by atoms with Gasteiger partial charge in [0.15, 0.2) is 0 Å². The van der Waals surface area contributed by atoms with Crippen molar-refractivity contribution in [2.75, 3.05) is 18.0 Å². The average Bonchev–Trinajstić information content (AvgIpc) is 2.91. The van der Waals surface area contributed by atoms with Crippen molar-refractivity contribution in [2.45, 2.75) is 46.1 Å². The molecule has 1 aromatic rings. The first-order valence-corrected chi connectivity index (χ1v) is 7.52. The monoisotopic (exact) mass is 272 g/mol. The van der Waals surface area contributed by atoms with Crippen molar-refractivity contribution in [1.82, 2.24) is 0 Å². The van der Waals surface area contributed by atoms with E-state index >= 15 is 0 Å². The Morgan fingerprint density at radius 1 is 1.40 bits per heavy atom. The highest BCUT2D eigenvalue weighted by atomic mass is 16.3. The first-order chi connectivity index (χ1) is 9.55. The largest absolute Gasteiger partial charge is 0.389 e. The number of aliphatic hydroxyl groups is 1. The Morgan fingerprint density at radius 2 is 2.10 bits per heavy atom. The number of nitriles is 1. The van der Waals surface area contributed by atoms with E-state index in [0.717, 1.165) is 24.3 Å². The molecule has 1 heterocycles. The summed E-state index contributed by atoms with van der Waals surface area (Å²) in [6.45, 7) is 8.33. The van der Waals surface area contributed by atoms with E-state index < -0.39 is 6.10 Å². The SMILES string of the molecule is CCC1(CC)CCN(c2cc(C#N)ccc2[C@@H](C)O)C1. The fourth-order valence-electron chi connectivity index (χ4n) is 3.21. The smallest absolute Gasteiger partial charge is 0.0992 e. The highest BCUT2D eigenvalue weighted by Crippen LogP contribution is 2.41. The zero-order chi connectivity index (χ0) is 14.8. The predicted molar refractivity (Wildman–Crippen MR) is 81.6 cm³/mol. The van der Waals surface area contributed by atoms with Gasteiger partial charge >= 0.3 is 0 Å². The van der Waals surface area contributed by atoms with Gasteiger partial charge in [0, 0.05) is 24.3 Å². The van der Waals surface area contributed by atoms with Crippen LogP contribution in [0.1, 0.15) is 57.3 Å². The molecule has 1 aliphatic heterocycles. The molecule has 0 amide bonds. The van der Waals surface area contributed by atoms with E-state index in [1.807, 2.05) is 12.1 Å². The van der Waals surface area contributed by atoms with E-state index in [4.69, 9.17) is 5.26 Å². The van der Waals surface area contributed by atoms with Crippen molar-refractivity contribution < 1.29 is 5.11 Å². The van der Waals surface area contributed by atoms with Crippen LogP contribution in [0.15, 0.2) is 18.2 Å². The number of benzene rings is 1. The van der Waals surface area contributed by atoms with Gasteiger partial charge in [0.1, 0.15) is 0 Å². The van der Waals surface area contributed by atoms with Gasteiger partial charge in [-0.15, -0.1) is 0 Å². The molecular formula is C17H24N2O. The third-order valence-corrected chi connectivity index (χ3v) is 4.89. The number of rotatable bonds is 4. The predicted octanol–water partition coefficient (Wildman–Crippen LogP) is 3.63. The fraction of sp³-hybridized carbons (Fsp3) is 0.588. The van der Waals surface area contributed by atoms with E-state index in [9.17, 15) is 5.11 Å². The van der Waals surface area contributed by atoms with Crippen molar-refractivity contribution in [3.8, 4) is 6.07 Å². The van der Waals surface area contributed by atoms with Gasteiger partial charge in [-0.2, -0.15) is 5.26 Å². The average molecular weight is 272 g/mol. The molecule has 3 nitrogen and oxygen atoms in total. The van der Waals surface area contributed by atoms with E-state index in [1.165, 1.54) is 19.3 Å². The van der Waals surface area contributed by atoms with Crippen LogP contribution in [0, 0.1) is 16.7 Å². The maximum atomic E-state index is 9.96. The minimum atomic E-state index is -0.504. The van der Waals surface area contributed by atoms with Crippen LogP contribution in [-0.2, 0) is 0 Å². The Labute approximate surface area is 121 Å². The van der Waals surface area contributed by atoms with E-state index in [-0.39, 0.29) is 0 Å². The second kappa shape index (κ2) is 5.85. The molecule has 108 valence electrons. The summed E-state index contributed by atoms with van der Waals surface area (Å²) in [4.78, 5) is 2.34. The van der Waals surface area contributed by atoms with Gasteiger partial charge in [-0.3, -0.25) is 0 Å². The molecule has 1 aliphatic rings. The normalized spacial score (nSPS) is 18.9. The summed E-state index contributed by atoms with van der Waals surface area (Å²) in [5, 5.41) is 19.1. The molecule has 1 N–H and O–H groups in total. The third-order valence-electron chi connectivity index (χ3n) is 4.89. The van der Waals surface area contributed by atoms with Crippen molar-refractivity contribution in [3.63, 3.8) is 0 Å². The van der Waals surface area contributed by atoms with Crippen LogP contribution >= 0.6 is 0 Å². The van der Waals surface area contributed by atoms with Gasteiger partial charge in [-0.25, -0.2) is 0 Å². The first kappa shape index (κ1) is 14.9. The molecule has 1 saturated heterocycles. The van der Waals surface area contributed by atoms with Crippen LogP contribution in [-0.4, -0.2) is 18.2 Å². The Hall–Kier alpha value is -1.53. The van der Waals surface area contributed by atoms with Gasteiger partial charge in [0.05, 0.1) is 17.7 Å². The lowest BCUT2D eigenvalue weighted by atomic mass is 9.82. The van der Waals surface area contributed by atoms with Gasteiger partial charge in [-0.05, 0) is 43.7 Å². The van der Waals surface area contributed by atoms with Gasteiger partial charge in [-0.1, -0.05) is 19.9 Å². The molecule has 0 saturated carbocycles. The van der Waals surface area contributed by atoms with Crippen molar-refractivity contribution in [1.29, 1.82) is 5.26 Å². The zero-order valence-electron chi connectivity index (χ0n) is 12.7. The summed E-state index contributed by atoms with van der Waals surface area (Å²) < 4.78 is 0. The summed E-state index contributed by atoms with van der Waals surface area (Å²) in [6, 6.07) is 7.79. The van der Waals surface area contributed by atoms with Crippen LogP contribution in [0.25, 0.3) is 0 Å². The number of nitrogens with zero attached hydrogens (tertiary/aromatic N) is 2. The summed E-state index contributed by atoms with van der Waals surface area (Å²) in [7, 11) is 0. The number of anilines is 1. The molecular weight excluding hydrogens is 248 g/mol. The number of hydrogen-bond acceptors (Lipinski definition) is 3. The second-order valence-corrected chi connectivity index (χ2v) is 5.94. The molecule has 3 heteroatoms. The fourth-order valence-corrected chi connectivity index (χ4v) is 3.21. The van der Waals surface area contributed by atoms with Gasteiger partial charge in [0.2, 0.25) is 0 Å². The quantitative estimate of drug-likeness (QED) is 0.910. The van der Waals surface area contributed by atoms with Crippen LogP contribution in [0.4, 0.5) is 5.69 Å². The summed E-state index contributed by atoms with van der Waals surface area (Å²) in [5.74, 6) is 0. The third kappa shape index (κ3) is 2.66. The van der Waals surface area contributed by atoms with Crippen molar-refractivity contribution in [2.24, 2.45) is 5.41 Å². The second-order valence-electron chi connectivity index (χ2n) is 5.94. The van der Waals surface area contributed by atoms with Gasteiger partial charge in [0.25, 0.3) is 0 Å². The molecule has 0 aromatic heterocycles. The zero-order valence-corrected chi connectivity index (χ0v) is 12.7. The highest BCUT2D eigenvalue weighted by Gasteiger charge is 2.35. The molecule has 0 aliphatic carbocycles. The Balaban J connectivity index is 2.35. The van der Waals surface area contributed by atoms with E-state index in [2.05, 4.69) is 24.8 Å². The Morgan fingerprint density at radius 3 is 2.60 bits per heavy atom. The lowest BCUT2D eigenvalue weighted by Gasteiger charge is -2.28. The Kier molecular flexibility index (Phi) is 4.35.